The van der Waals surface area contributed by atoms with Crippen LogP contribution in [0.5, 0.6) is 5.75 Å². The molecule has 3 heteroatoms. The van der Waals surface area contributed by atoms with Crippen LogP contribution in [-0.2, 0) is 0 Å². The zero-order chi connectivity index (χ0) is 9.42. The molecule has 13 heavy (non-hydrogen) atoms. The van der Waals surface area contributed by atoms with Crippen LogP contribution in [0.2, 0.25) is 0 Å². The van der Waals surface area contributed by atoms with E-state index in [1.807, 2.05) is 0 Å². The summed E-state index contributed by atoms with van der Waals surface area (Å²) in [4.78, 5) is 0. The molecule has 1 heterocycles. The SMILES string of the molecule is [CH2]C1=C(Cl)c2cc(F)ccc2OC1. The predicted octanol–water partition coefficient (Wildman–Crippen LogP) is 3.00. The molecule has 0 N–H and O–H groups in total. The number of ether oxygens (including phenoxy) is 1. The van der Waals surface area contributed by atoms with E-state index in [0.717, 1.165) is 0 Å². The lowest BCUT2D eigenvalue weighted by atomic mass is 10.1. The second kappa shape index (κ2) is 3.04. The molecule has 0 aliphatic carbocycles. The molecular formula is C10H7ClFO. The molecule has 0 aromatic heterocycles. The predicted molar refractivity (Wildman–Crippen MR) is 50.0 cm³/mol. The largest absolute Gasteiger partial charge is 0.489 e. The summed E-state index contributed by atoms with van der Waals surface area (Å²) in [5, 5.41) is 0.487. The van der Waals surface area contributed by atoms with E-state index >= 15 is 0 Å². The molecular weight excluding hydrogens is 191 g/mol. The fraction of sp³-hybridized carbons (Fsp3) is 0.100. The van der Waals surface area contributed by atoms with Crippen LogP contribution in [0.3, 0.4) is 0 Å². The fourth-order valence-corrected chi connectivity index (χ4v) is 1.42. The van der Waals surface area contributed by atoms with E-state index in [1.54, 1.807) is 6.07 Å². The summed E-state index contributed by atoms with van der Waals surface area (Å²) in [6, 6.07) is 4.26. The minimum absolute atomic E-state index is 0.324. The Morgan fingerprint density at radius 1 is 1.46 bits per heavy atom. The molecule has 0 atom stereocenters. The third kappa shape index (κ3) is 1.42. The molecule has 0 bridgehead atoms. The van der Waals surface area contributed by atoms with Gasteiger partial charge in [0.15, 0.2) is 0 Å². The normalized spacial score (nSPS) is 15.3. The lowest BCUT2D eigenvalue weighted by Gasteiger charge is -2.18. The van der Waals surface area contributed by atoms with Crippen LogP contribution in [0.25, 0.3) is 5.03 Å². The van der Waals surface area contributed by atoms with Gasteiger partial charge in [-0.2, -0.15) is 0 Å². The van der Waals surface area contributed by atoms with E-state index in [4.69, 9.17) is 16.3 Å². The van der Waals surface area contributed by atoms with Gasteiger partial charge in [0.2, 0.25) is 0 Å². The number of hydrogen-bond acceptors (Lipinski definition) is 1. The second-order valence-corrected chi connectivity index (χ2v) is 3.22. The summed E-state index contributed by atoms with van der Waals surface area (Å²) < 4.78 is 18.1. The summed E-state index contributed by atoms with van der Waals surface area (Å²) >= 11 is 5.94. The number of halogens is 2. The van der Waals surface area contributed by atoms with Crippen LogP contribution >= 0.6 is 11.6 Å². The maximum Gasteiger partial charge on any atom is 0.128 e. The van der Waals surface area contributed by atoms with Gasteiger partial charge in [-0.15, -0.1) is 0 Å². The second-order valence-electron chi connectivity index (χ2n) is 2.85. The van der Waals surface area contributed by atoms with Crippen molar-refractivity contribution in [2.45, 2.75) is 0 Å². The van der Waals surface area contributed by atoms with Crippen molar-refractivity contribution in [2.75, 3.05) is 6.61 Å². The Morgan fingerprint density at radius 3 is 3.00 bits per heavy atom. The Morgan fingerprint density at radius 2 is 2.23 bits per heavy atom. The van der Waals surface area contributed by atoms with Gasteiger partial charge in [-0.05, 0) is 30.7 Å². The van der Waals surface area contributed by atoms with Crippen molar-refractivity contribution < 1.29 is 9.13 Å². The Hall–Kier alpha value is -1.02. The Balaban J connectivity index is 2.60. The van der Waals surface area contributed by atoms with E-state index in [1.165, 1.54) is 12.1 Å². The van der Waals surface area contributed by atoms with Crippen LogP contribution in [0.4, 0.5) is 4.39 Å². The molecule has 0 amide bonds. The zero-order valence-electron chi connectivity index (χ0n) is 6.81. The summed E-state index contributed by atoms with van der Waals surface area (Å²) in [7, 11) is 0. The van der Waals surface area contributed by atoms with Gasteiger partial charge in [-0.25, -0.2) is 4.39 Å². The molecule has 0 saturated heterocycles. The molecule has 0 fully saturated rings. The molecule has 0 saturated carbocycles. The lowest BCUT2D eigenvalue weighted by molar-refractivity contribution is 0.349. The van der Waals surface area contributed by atoms with Gasteiger partial charge in [-0.1, -0.05) is 11.6 Å². The number of rotatable bonds is 0. The molecule has 1 nitrogen and oxygen atoms in total. The van der Waals surface area contributed by atoms with Crippen molar-refractivity contribution in [1.29, 1.82) is 0 Å². The van der Waals surface area contributed by atoms with E-state index in [9.17, 15) is 4.39 Å². The standard InChI is InChI=1S/C10H7ClFO/c1-6-5-13-9-3-2-7(12)4-8(9)10(6)11/h2-4H,1,5H2. The molecule has 0 spiro atoms. The molecule has 1 radical (unpaired) electrons. The third-order valence-corrected chi connectivity index (χ3v) is 2.36. The van der Waals surface area contributed by atoms with Crippen molar-refractivity contribution in [3.63, 3.8) is 0 Å². The van der Waals surface area contributed by atoms with Crippen molar-refractivity contribution in [3.8, 4) is 5.75 Å². The summed E-state index contributed by atoms with van der Waals surface area (Å²) in [6.45, 7) is 4.08. The third-order valence-electron chi connectivity index (χ3n) is 1.89. The first-order valence-electron chi connectivity index (χ1n) is 3.82. The van der Waals surface area contributed by atoms with Crippen LogP contribution in [0, 0.1) is 12.7 Å². The van der Waals surface area contributed by atoms with Crippen molar-refractivity contribution in [1.82, 2.24) is 0 Å². The molecule has 1 aromatic carbocycles. The summed E-state index contributed by atoms with van der Waals surface area (Å²) in [5.74, 6) is 0.286. The van der Waals surface area contributed by atoms with Gasteiger partial charge in [0.25, 0.3) is 0 Å². The summed E-state index contributed by atoms with van der Waals surface area (Å²) in [5.41, 5.74) is 1.26. The Bertz CT molecular complexity index is 385. The van der Waals surface area contributed by atoms with E-state index in [-0.39, 0.29) is 5.82 Å². The fourth-order valence-electron chi connectivity index (χ4n) is 1.22. The minimum Gasteiger partial charge on any atom is -0.489 e. The van der Waals surface area contributed by atoms with Gasteiger partial charge >= 0.3 is 0 Å². The lowest BCUT2D eigenvalue weighted by Crippen LogP contribution is -2.07. The molecule has 1 aromatic rings. The highest BCUT2D eigenvalue weighted by Gasteiger charge is 2.16. The molecule has 1 aliphatic rings. The van der Waals surface area contributed by atoms with Gasteiger partial charge < -0.3 is 4.74 Å². The average Bonchev–Trinajstić information content (AvgIpc) is 2.12. The zero-order valence-corrected chi connectivity index (χ0v) is 7.57. The maximum atomic E-state index is 12.8. The first-order valence-corrected chi connectivity index (χ1v) is 4.19. The van der Waals surface area contributed by atoms with Gasteiger partial charge in [0.05, 0.1) is 5.03 Å². The molecule has 67 valence electrons. The Labute approximate surface area is 80.8 Å². The van der Waals surface area contributed by atoms with Crippen molar-refractivity contribution in [2.24, 2.45) is 0 Å². The topological polar surface area (TPSA) is 9.23 Å². The first-order chi connectivity index (χ1) is 6.18. The average molecular weight is 198 g/mol. The van der Waals surface area contributed by atoms with Crippen molar-refractivity contribution >= 4 is 16.6 Å². The van der Waals surface area contributed by atoms with E-state index in [0.29, 0.717) is 28.5 Å². The highest BCUT2D eigenvalue weighted by molar-refractivity contribution is 6.49. The van der Waals surface area contributed by atoms with Gasteiger partial charge in [0.1, 0.15) is 18.2 Å². The highest BCUT2D eigenvalue weighted by Crippen LogP contribution is 2.35. The van der Waals surface area contributed by atoms with Gasteiger partial charge in [0, 0.05) is 5.56 Å². The van der Waals surface area contributed by atoms with Crippen LogP contribution in [0.15, 0.2) is 23.8 Å². The number of fused-ring (bicyclic) bond motifs is 1. The van der Waals surface area contributed by atoms with Crippen molar-refractivity contribution in [3.05, 3.63) is 42.1 Å². The minimum atomic E-state index is -0.324. The maximum absolute atomic E-state index is 12.8. The van der Waals surface area contributed by atoms with Crippen LogP contribution < -0.4 is 4.74 Å². The summed E-state index contributed by atoms with van der Waals surface area (Å²) in [6.07, 6.45) is 0. The molecule has 0 unspecified atom stereocenters. The quantitative estimate of drug-likeness (QED) is 0.621. The smallest absolute Gasteiger partial charge is 0.128 e. The Kier molecular flexibility index (Phi) is 2.00. The molecule has 1 aliphatic heterocycles. The number of hydrogen-bond donors (Lipinski definition) is 0. The molecule has 2 rings (SSSR count). The monoisotopic (exact) mass is 197 g/mol. The van der Waals surface area contributed by atoms with E-state index in [2.05, 4.69) is 6.92 Å². The highest BCUT2D eigenvalue weighted by atomic mass is 35.5. The van der Waals surface area contributed by atoms with E-state index < -0.39 is 0 Å². The van der Waals surface area contributed by atoms with Crippen LogP contribution in [0.1, 0.15) is 5.56 Å². The number of benzene rings is 1. The van der Waals surface area contributed by atoms with Gasteiger partial charge in [-0.3, -0.25) is 0 Å². The van der Waals surface area contributed by atoms with Crippen LogP contribution in [-0.4, -0.2) is 6.61 Å². The first kappa shape index (κ1) is 8.57.